The second-order valence-corrected chi connectivity index (χ2v) is 7.72. The molecule has 0 radical (unpaired) electrons. The minimum atomic E-state index is -0.588. The fraction of sp³-hybridized carbons (Fsp3) is 0.550. The lowest BCUT2D eigenvalue weighted by molar-refractivity contribution is -0.154. The molecule has 4 aliphatic heterocycles. The van der Waals surface area contributed by atoms with E-state index in [1.54, 1.807) is 7.11 Å². The molecule has 5 aliphatic rings. The molecule has 5 fully saturated rings. The van der Waals surface area contributed by atoms with E-state index >= 15 is 0 Å². The van der Waals surface area contributed by atoms with Crippen molar-refractivity contribution < 1.29 is 14.4 Å². The summed E-state index contributed by atoms with van der Waals surface area (Å²) in [6, 6.07) is 8.32. The number of nitrogens with zero attached hydrogens (tertiary/aromatic N) is 1. The highest BCUT2D eigenvalue weighted by Gasteiger charge is 2.67. The van der Waals surface area contributed by atoms with Crippen LogP contribution in [0.15, 0.2) is 35.9 Å². The highest BCUT2D eigenvalue weighted by molar-refractivity contribution is 5.94. The van der Waals surface area contributed by atoms with Gasteiger partial charge in [0, 0.05) is 18.5 Å². The number of para-hydroxylation sites is 1. The van der Waals surface area contributed by atoms with Crippen LogP contribution in [0.3, 0.4) is 0 Å². The van der Waals surface area contributed by atoms with Crippen molar-refractivity contribution in [2.75, 3.05) is 25.7 Å². The van der Waals surface area contributed by atoms with Gasteiger partial charge in [0.25, 0.3) is 0 Å². The molecule has 4 saturated heterocycles. The number of anilines is 1. The molecule has 5 atom stereocenters. The molecule has 0 aromatic heterocycles. The van der Waals surface area contributed by atoms with Gasteiger partial charge in [-0.05, 0) is 37.3 Å². The van der Waals surface area contributed by atoms with E-state index in [4.69, 9.17) is 9.57 Å². The zero-order chi connectivity index (χ0) is 17.2. The third-order valence-electron chi connectivity index (χ3n) is 6.91. The quantitative estimate of drug-likeness (QED) is 0.678. The lowest BCUT2D eigenvalue weighted by Gasteiger charge is -2.50. The maximum absolute atomic E-state index is 13.7. The van der Waals surface area contributed by atoms with Gasteiger partial charge in [0.2, 0.25) is 5.91 Å². The summed E-state index contributed by atoms with van der Waals surface area (Å²) in [5, 5.41) is 0. The van der Waals surface area contributed by atoms with Gasteiger partial charge >= 0.3 is 0 Å². The molecular weight excluding hydrogens is 316 g/mol. The summed E-state index contributed by atoms with van der Waals surface area (Å²) in [7, 11) is 1.60. The number of allylic oxidation sites excluding steroid dienone is 1. The Kier molecular flexibility index (Phi) is 3.28. The van der Waals surface area contributed by atoms with Crippen molar-refractivity contribution in [2.24, 2.45) is 11.8 Å². The minimum absolute atomic E-state index is 0.0636. The van der Waals surface area contributed by atoms with Crippen molar-refractivity contribution in [3.63, 3.8) is 0 Å². The van der Waals surface area contributed by atoms with Crippen LogP contribution < -0.4 is 5.48 Å². The zero-order valence-electron chi connectivity index (χ0n) is 14.7. The van der Waals surface area contributed by atoms with Gasteiger partial charge in [0.1, 0.15) is 5.41 Å². The van der Waals surface area contributed by atoms with E-state index in [0.717, 1.165) is 37.2 Å². The number of carbonyl (C=O) groups excluding carboxylic acids is 1. The number of hydrogen-bond donors (Lipinski definition) is 1. The standard InChI is InChI=1S/C20H24N2O3/c1-3-12-10-22-17-9-20(19(22)23,18-8-13(12)14(17)11-25-18)15-6-4-5-7-16(15)21-24-2/h3-7,13-14,17-18,21H,8-11H2,1-2H3. The molecule has 1 aromatic carbocycles. The topological polar surface area (TPSA) is 50.8 Å². The lowest BCUT2D eigenvalue weighted by Crippen LogP contribution is -2.59. The van der Waals surface area contributed by atoms with Crippen LogP contribution in [0.1, 0.15) is 25.3 Å². The van der Waals surface area contributed by atoms with Crippen molar-refractivity contribution in [2.45, 2.75) is 37.3 Å². The number of carbonyl (C=O) groups is 1. The average molecular weight is 340 g/mol. The van der Waals surface area contributed by atoms with E-state index in [1.807, 2.05) is 18.2 Å². The summed E-state index contributed by atoms with van der Waals surface area (Å²) in [4.78, 5) is 21.0. The van der Waals surface area contributed by atoms with E-state index in [0.29, 0.717) is 17.9 Å². The predicted octanol–water partition coefficient (Wildman–Crippen LogP) is 2.49. The van der Waals surface area contributed by atoms with Crippen molar-refractivity contribution in [3.8, 4) is 0 Å². The molecule has 5 heteroatoms. The number of nitrogens with one attached hydrogen (secondary N) is 1. The molecule has 5 bridgehead atoms. The van der Waals surface area contributed by atoms with Gasteiger partial charge in [-0.25, -0.2) is 0 Å². The van der Waals surface area contributed by atoms with Gasteiger partial charge in [0.15, 0.2) is 0 Å². The Morgan fingerprint density at radius 1 is 1.40 bits per heavy atom. The van der Waals surface area contributed by atoms with Gasteiger partial charge in [-0.15, -0.1) is 0 Å². The summed E-state index contributed by atoms with van der Waals surface area (Å²) in [5.41, 5.74) is 5.70. The Bertz CT molecular complexity index is 761. The van der Waals surface area contributed by atoms with E-state index in [9.17, 15) is 4.79 Å². The fourth-order valence-corrected chi connectivity index (χ4v) is 5.83. The fourth-order valence-electron chi connectivity index (χ4n) is 5.83. The van der Waals surface area contributed by atoms with Crippen LogP contribution in [0.5, 0.6) is 0 Å². The first kappa shape index (κ1) is 15.4. The molecule has 1 amide bonds. The number of piperidine rings is 1. The highest BCUT2D eigenvalue weighted by atomic mass is 16.6. The first-order chi connectivity index (χ1) is 12.2. The van der Waals surface area contributed by atoms with Crippen LogP contribution in [0.25, 0.3) is 0 Å². The Morgan fingerprint density at radius 3 is 3.04 bits per heavy atom. The zero-order valence-corrected chi connectivity index (χ0v) is 14.7. The molecular formula is C20H24N2O3. The predicted molar refractivity (Wildman–Crippen MR) is 94.0 cm³/mol. The Morgan fingerprint density at radius 2 is 2.24 bits per heavy atom. The molecule has 1 aliphatic carbocycles. The monoisotopic (exact) mass is 340 g/mol. The average Bonchev–Trinajstić information content (AvgIpc) is 2.78. The molecule has 25 heavy (non-hydrogen) atoms. The maximum Gasteiger partial charge on any atom is 0.236 e. The maximum atomic E-state index is 13.7. The van der Waals surface area contributed by atoms with E-state index in [-0.39, 0.29) is 12.0 Å². The largest absolute Gasteiger partial charge is 0.376 e. The van der Waals surface area contributed by atoms with Crippen LogP contribution in [0, 0.1) is 11.8 Å². The number of benzene rings is 1. The highest BCUT2D eigenvalue weighted by Crippen LogP contribution is 2.58. The number of amides is 1. The van der Waals surface area contributed by atoms with Crippen molar-refractivity contribution in [3.05, 3.63) is 41.5 Å². The summed E-state index contributed by atoms with van der Waals surface area (Å²) in [5.74, 6) is 1.23. The Hall–Kier alpha value is -1.85. The molecule has 4 heterocycles. The SMILES string of the molecule is CC=C1CN2C(=O)C3(c4ccccc4NOC)CC2C2COC3CC12. The third-order valence-corrected chi connectivity index (χ3v) is 6.91. The van der Waals surface area contributed by atoms with Crippen LogP contribution in [0.2, 0.25) is 0 Å². The molecule has 0 spiro atoms. The second kappa shape index (κ2) is 5.32. The van der Waals surface area contributed by atoms with E-state index in [1.165, 1.54) is 5.57 Å². The first-order valence-electron chi connectivity index (χ1n) is 9.17. The van der Waals surface area contributed by atoms with Crippen molar-refractivity contribution in [1.82, 2.24) is 4.90 Å². The number of fused-ring (bicyclic) bond motifs is 1. The van der Waals surface area contributed by atoms with Gasteiger partial charge in [0.05, 0.1) is 25.5 Å². The lowest BCUT2D eigenvalue weighted by atomic mass is 9.69. The third kappa shape index (κ3) is 1.83. The Labute approximate surface area is 147 Å². The van der Waals surface area contributed by atoms with Gasteiger partial charge < -0.3 is 9.64 Å². The minimum Gasteiger partial charge on any atom is -0.376 e. The van der Waals surface area contributed by atoms with E-state index < -0.39 is 5.41 Å². The molecule has 1 N–H and O–H groups in total. The second-order valence-electron chi connectivity index (χ2n) is 7.72. The van der Waals surface area contributed by atoms with Crippen LogP contribution in [0.4, 0.5) is 5.69 Å². The van der Waals surface area contributed by atoms with Crippen LogP contribution >= 0.6 is 0 Å². The number of hydrogen-bond acceptors (Lipinski definition) is 4. The molecule has 5 unspecified atom stereocenters. The summed E-state index contributed by atoms with van der Waals surface area (Å²) < 4.78 is 6.30. The first-order valence-corrected chi connectivity index (χ1v) is 9.17. The van der Waals surface area contributed by atoms with Crippen molar-refractivity contribution in [1.29, 1.82) is 0 Å². The van der Waals surface area contributed by atoms with Gasteiger partial charge in [-0.2, -0.15) is 0 Å². The van der Waals surface area contributed by atoms with Crippen molar-refractivity contribution >= 4 is 11.6 Å². The summed E-state index contributed by atoms with van der Waals surface area (Å²) >= 11 is 0. The number of rotatable bonds is 3. The number of ether oxygens (including phenoxy) is 1. The normalized spacial score (nSPS) is 40.0. The molecule has 1 aromatic rings. The van der Waals surface area contributed by atoms with E-state index in [2.05, 4.69) is 29.4 Å². The van der Waals surface area contributed by atoms with Gasteiger partial charge in [-0.3, -0.25) is 15.1 Å². The molecule has 5 nitrogen and oxygen atoms in total. The van der Waals surface area contributed by atoms with Gasteiger partial charge in [-0.1, -0.05) is 29.8 Å². The van der Waals surface area contributed by atoms with Crippen LogP contribution in [-0.4, -0.2) is 43.2 Å². The molecule has 6 rings (SSSR count). The molecule has 132 valence electrons. The Balaban J connectivity index is 1.70. The summed E-state index contributed by atoms with van der Waals surface area (Å²) in [6.07, 6.45) is 3.96. The smallest absolute Gasteiger partial charge is 0.236 e. The summed E-state index contributed by atoms with van der Waals surface area (Å²) in [6.45, 7) is 3.66. The van der Waals surface area contributed by atoms with Crippen LogP contribution in [-0.2, 0) is 19.8 Å². The molecule has 1 saturated carbocycles.